The second-order valence-corrected chi connectivity index (χ2v) is 5.20. The van der Waals surface area contributed by atoms with Gasteiger partial charge in [-0.15, -0.1) is 11.6 Å². The molecule has 1 heteroatoms. The van der Waals surface area contributed by atoms with Gasteiger partial charge >= 0.3 is 0 Å². The molecule has 1 aliphatic rings. The van der Waals surface area contributed by atoms with Crippen molar-refractivity contribution < 1.29 is 0 Å². The van der Waals surface area contributed by atoms with Gasteiger partial charge in [-0.1, -0.05) is 54.6 Å². The zero-order valence-corrected chi connectivity index (χ0v) is 10.4. The fourth-order valence-corrected chi connectivity index (χ4v) is 3.16. The zero-order chi connectivity index (χ0) is 11.7. The van der Waals surface area contributed by atoms with Gasteiger partial charge in [0.25, 0.3) is 0 Å². The van der Waals surface area contributed by atoms with E-state index >= 15 is 0 Å². The molecule has 2 atom stereocenters. The van der Waals surface area contributed by atoms with Crippen molar-refractivity contribution in [3.05, 3.63) is 71.3 Å². The van der Waals surface area contributed by atoms with Gasteiger partial charge < -0.3 is 0 Å². The first-order valence-electron chi connectivity index (χ1n) is 6.13. The van der Waals surface area contributed by atoms with E-state index < -0.39 is 0 Å². The minimum absolute atomic E-state index is 0.215. The molecule has 0 heterocycles. The molecule has 0 nitrogen and oxygen atoms in total. The molecule has 0 N–H and O–H groups in total. The molecule has 0 radical (unpaired) electrons. The van der Waals surface area contributed by atoms with E-state index in [4.69, 9.17) is 11.6 Å². The van der Waals surface area contributed by atoms with Crippen LogP contribution in [0.4, 0.5) is 0 Å². The van der Waals surface area contributed by atoms with Crippen LogP contribution in [0.2, 0.25) is 0 Å². The van der Waals surface area contributed by atoms with Gasteiger partial charge in [-0.05, 0) is 29.5 Å². The lowest BCUT2D eigenvalue weighted by Gasteiger charge is -2.30. The third kappa shape index (κ3) is 1.98. The molecule has 2 aromatic carbocycles. The summed E-state index contributed by atoms with van der Waals surface area (Å²) in [6.45, 7) is 0. The third-order valence-corrected chi connectivity index (χ3v) is 4.07. The van der Waals surface area contributed by atoms with Crippen molar-refractivity contribution in [3.63, 3.8) is 0 Å². The van der Waals surface area contributed by atoms with Crippen molar-refractivity contribution in [2.75, 3.05) is 0 Å². The van der Waals surface area contributed by atoms with E-state index in [1.165, 1.54) is 16.7 Å². The fourth-order valence-electron chi connectivity index (χ4n) is 2.77. The molecule has 3 rings (SSSR count). The van der Waals surface area contributed by atoms with Crippen LogP contribution in [0.3, 0.4) is 0 Å². The van der Waals surface area contributed by atoms with Crippen molar-refractivity contribution in [2.24, 2.45) is 0 Å². The Labute approximate surface area is 107 Å². The summed E-state index contributed by atoms with van der Waals surface area (Å²) >= 11 is 6.54. The number of alkyl halides is 1. The molecule has 0 saturated heterocycles. The van der Waals surface area contributed by atoms with Gasteiger partial charge in [0, 0.05) is 11.3 Å². The highest BCUT2D eigenvalue weighted by atomic mass is 35.5. The summed E-state index contributed by atoms with van der Waals surface area (Å²) in [7, 11) is 0. The SMILES string of the molecule is Cl[C@H]1CCc2ccccc2[C@H]1c1ccccc1. The molecule has 0 aromatic heterocycles. The van der Waals surface area contributed by atoms with E-state index in [0.717, 1.165) is 12.8 Å². The van der Waals surface area contributed by atoms with Crippen LogP contribution in [0, 0.1) is 0 Å². The Morgan fingerprint density at radius 1 is 0.882 bits per heavy atom. The Morgan fingerprint density at radius 3 is 2.41 bits per heavy atom. The number of hydrogen-bond acceptors (Lipinski definition) is 0. The number of fused-ring (bicyclic) bond motifs is 1. The summed E-state index contributed by atoms with van der Waals surface area (Å²) in [6, 6.07) is 19.3. The molecule has 17 heavy (non-hydrogen) atoms. The highest BCUT2D eigenvalue weighted by Gasteiger charge is 2.28. The first kappa shape index (κ1) is 10.9. The van der Waals surface area contributed by atoms with Crippen LogP contribution in [-0.2, 0) is 6.42 Å². The Bertz CT molecular complexity index is 504. The predicted molar refractivity (Wildman–Crippen MR) is 72.7 cm³/mol. The molecule has 0 unspecified atom stereocenters. The van der Waals surface area contributed by atoms with E-state index in [2.05, 4.69) is 54.6 Å². The van der Waals surface area contributed by atoms with E-state index in [9.17, 15) is 0 Å². The summed E-state index contributed by atoms with van der Waals surface area (Å²) in [5, 5.41) is 0.215. The van der Waals surface area contributed by atoms with Gasteiger partial charge in [0.15, 0.2) is 0 Å². The number of aryl methyl sites for hydroxylation is 1. The lowest BCUT2D eigenvalue weighted by atomic mass is 9.78. The Hall–Kier alpha value is -1.27. The standard InChI is InChI=1S/C16H15Cl/c17-15-11-10-12-6-4-5-9-14(12)16(15)13-7-2-1-3-8-13/h1-9,15-16H,10-11H2/t15-,16+/m0/s1. The average molecular weight is 243 g/mol. The maximum Gasteiger partial charge on any atom is 0.0448 e. The monoisotopic (exact) mass is 242 g/mol. The first-order chi connectivity index (χ1) is 8.36. The quantitative estimate of drug-likeness (QED) is 0.652. The lowest BCUT2D eigenvalue weighted by Crippen LogP contribution is -2.21. The van der Waals surface area contributed by atoms with Crippen molar-refractivity contribution in [1.29, 1.82) is 0 Å². The number of benzene rings is 2. The van der Waals surface area contributed by atoms with Gasteiger partial charge in [0.2, 0.25) is 0 Å². The summed E-state index contributed by atoms with van der Waals surface area (Å²) in [4.78, 5) is 0. The minimum atomic E-state index is 0.215. The van der Waals surface area contributed by atoms with Crippen molar-refractivity contribution in [2.45, 2.75) is 24.1 Å². The average Bonchev–Trinajstić information content (AvgIpc) is 2.39. The molecule has 86 valence electrons. The van der Waals surface area contributed by atoms with Gasteiger partial charge in [-0.25, -0.2) is 0 Å². The number of hydrogen-bond donors (Lipinski definition) is 0. The van der Waals surface area contributed by atoms with Crippen LogP contribution < -0.4 is 0 Å². The van der Waals surface area contributed by atoms with E-state index in [1.807, 2.05) is 0 Å². The largest absolute Gasteiger partial charge is 0.122 e. The third-order valence-electron chi connectivity index (χ3n) is 3.60. The molecule has 2 aromatic rings. The molecule has 1 aliphatic carbocycles. The van der Waals surface area contributed by atoms with E-state index in [-0.39, 0.29) is 5.38 Å². The van der Waals surface area contributed by atoms with Crippen molar-refractivity contribution in [3.8, 4) is 0 Å². The zero-order valence-electron chi connectivity index (χ0n) is 9.64. The second kappa shape index (κ2) is 4.54. The second-order valence-electron chi connectivity index (χ2n) is 4.64. The Kier molecular flexibility index (Phi) is 2.90. The van der Waals surface area contributed by atoms with Gasteiger partial charge in [-0.2, -0.15) is 0 Å². The summed E-state index contributed by atoms with van der Waals surface area (Å²) in [5.41, 5.74) is 4.20. The molecular weight excluding hydrogens is 228 g/mol. The normalized spacial score (nSPS) is 23.1. The van der Waals surface area contributed by atoms with E-state index in [0.29, 0.717) is 5.92 Å². The van der Waals surface area contributed by atoms with Crippen LogP contribution in [0.15, 0.2) is 54.6 Å². The summed E-state index contributed by atoms with van der Waals surface area (Å²) < 4.78 is 0. The smallest absolute Gasteiger partial charge is 0.0448 e. The van der Waals surface area contributed by atoms with Crippen molar-refractivity contribution >= 4 is 11.6 Å². The lowest BCUT2D eigenvalue weighted by molar-refractivity contribution is 0.625. The minimum Gasteiger partial charge on any atom is -0.122 e. The maximum absolute atomic E-state index is 6.54. The van der Waals surface area contributed by atoms with Crippen LogP contribution in [-0.4, -0.2) is 5.38 Å². The fraction of sp³-hybridized carbons (Fsp3) is 0.250. The Balaban J connectivity index is 2.10. The van der Waals surface area contributed by atoms with E-state index in [1.54, 1.807) is 0 Å². The highest BCUT2D eigenvalue weighted by molar-refractivity contribution is 6.21. The van der Waals surface area contributed by atoms with Gasteiger partial charge in [0.05, 0.1) is 0 Å². The van der Waals surface area contributed by atoms with Crippen LogP contribution >= 0.6 is 11.6 Å². The Morgan fingerprint density at radius 2 is 1.59 bits per heavy atom. The van der Waals surface area contributed by atoms with Crippen LogP contribution in [0.25, 0.3) is 0 Å². The molecule has 0 saturated carbocycles. The van der Waals surface area contributed by atoms with Crippen LogP contribution in [0.1, 0.15) is 29.0 Å². The maximum atomic E-state index is 6.54. The molecule has 0 aliphatic heterocycles. The predicted octanol–water partition coefficient (Wildman–Crippen LogP) is 4.37. The molecule has 0 bridgehead atoms. The molecular formula is C16H15Cl. The van der Waals surface area contributed by atoms with Crippen LogP contribution in [0.5, 0.6) is 0 Å². The number of halogens is 1. The van der Waals surface area contributed by atoms with Gasteiger partial charge in [0.1, 0.15) is 0 Å². The molecule has 0 fully saturated rings. The molecule has 0 spiro atoms. The summed E-state index contributed by atoms with van der Waals surface area (Å²) in [5.74, 6) is 0.350. The highest BCUT2D eigenvalue weighted by Crippen LogP contribution is 2.39. The number of rotatable bonds is 1. The first-order valence-corrected chi connectivity index (χ1v) is 6.57. The molecule has 0 amide bonds. The topological polar surface area (TPSA) is 0 Å². The van der Waals surface area contributed by atoms with Crippen molar-refractivity contribution in [1.82, 2.24) is 0 Å². The van der Waals surface area contributed by atoms with Gasteiger partial charge in [-0.3, -0.25) is 0 Å². The summed E-state index contributed by atoms with van der Waals surface area (Å²) in [6.07, 6.45) is 2.17.